The number of aliphatic hydroxyl groups excluding tert-OH is 1. The molecule has 0 unspecified atom stereocenters. The van der Waals surface area contributed by atoms with E-state index in [1.807, 2.05) is 66.7 Å². The van der Waals surface area contributed by atoms with Crippen LogP contribution in [-0.2, 0) is 4.43 Å². The van der Waals surface area contributed by atoms with Crippen molar-refractivity contribution in [3.05, 3.63) is 96.6 Å². The maximum absolute atomic E-state index is 12.4. The molecular formula is C27H32O3Si. The van der Waals surface area contributed by atoms with Gasteiger partial charge in [0.2, 0.25) is 0 Å². The van der Waals surface area contributed by atoms with Gasteiger partial charge in [0.25, 0.3) is 8.32 Å². The van der Waals surface area contributed by atoms with E-state index in [-0.39, 0.29) is 17.4 Å². The highest BCUT2D eigenvalue weighted by Crippen LogP contribution is 2.36. The summed E-state index contributed by atoms with van der Waals surface area (Å²) in [4.78, 5) is 12.4. The first kappa shape index (κ1) is 23.1. The molecule has 0 saturated carbocycles. The van der Waals surface area contributed by atoms with Crippen LogP contribution in [0.1, 0.15) is 44.0 Å². The number of Topliss-reactive ketones (excluding diaryl/α,β-unsaturated/α-hetero) is 1. The van der Waals surface area contributed by atoms with E-state index < -0.39 is 14.4 Å². The molecule has 0 fully saturated rings. The molecule has 3 rings (SSSR count). The molecule has 3 aromatic rings. The van der Waals surface area contributed by atoms with Gasteiger partial charge in [0.15, 0.2) is 5.78 Å². The van der Waals surface area contributed by atoms with Gasteiger partial charge in [-0.15, -0.1) is 0 Å². The normalized spacial score (nSPS) is 13.0. The van der Waals surface area contributed by atoms with Crippen molar-refractivity contribution in [3.8, 4) is 0 Å². The zero-order valence-corrected chi connectivity index (χ0v) is 19.6. The number of carbonyl (C=O) groups is 1. The van der Waals surface area contributed by atoms with Gasteiger partial charge in [0.05, 0.1) is 12.7 Å². The number of rotatable bonds is 9. The summed E-state index contributed by atoms with van der Waals surface area (Å²) in [6, 6.07) is 30.0. The third-order valence-electron chi connectivity index (χ3n) is 5.71. The predicted molar refractivity (Wildman–Crippen MR) is 130 cm³/mol. The molecule has 3 aromatic carbocycles. The standard InChI is InChI=1S/C27H32O3Si/c1-27(2,3)31(24-15-9-5-10-16-24,25-17-11-6-12-18-25)30-21-23(28)19-20-26(29)22-13-7-4-8-14-22/h4-18,23,28H,19-21H2,1-3H3/t23-/m0/s1. The van der Waals surface area contributed by atoms with E-state index in [4.69, 9.17) is 4.43 Å². The molecule has 0 aliphatic carbocycles. The molecule has 162 valence electrons. The van der Waals surface area contributed by atoms with Crippen molar-refractivity contribution < 1.29 is 14.3 Å². The SMILES string of the molecule is CC(C)(C)[Si](OC[C@@H](O)CCC(=O)c1ccccc1)(c1ccccc1)c1ccccc1. The molecule has 0 spiro atoms. The first-order chi connectivity index (χ1) is 14.8. The Balaban J connectivity index is 1.80. The van der Waals surface area contributed by atoms with Crippen molar-refractivity contribution in [2.24, 2.45) is 0 Å². The second kappa shape index (κ2) is 10.2. The van der Waals surface area contributed by atoms with Crippen molar-refractivity contribution >= 4 is 24.5 Å². The molecule has 0 aromatic heterocycles. The Labute approximate surface area is 186 Å². The van der Waals surface area contributed by atoms with Crippen LogP contribution in [0.3, 0.4) is 0 Å². The fraction of sp³-hybridized carbons (Fsp3) is 0.296. The largest absolute Gasteiger partial charge is 0.405 e. The van der Waals surface area contributed by atoms with Gasteiger partial charge in [0.1, 0.15) is 0 Å². The lowest BCUT2D eigenvalue weighted by atomic mass is 10.1. The molecule has 0 heterocycles. The molecule has 0 amide bonds. The summed E-state index contributed by atoms with van der Waals surface area (Å²) in [7, 11) is -2.68. The quantitative estimate of drug-likeness (QED) is 0.397. The number of carbonyl (C=O) groups excluding carboxylic acids is 1. The minimum Gasteiger partial charge on any atom is -0.405 e. The van der Waals surface area contributed by atoms with E-state index in [0.29, 0.717) is 18.4 Å². The summed E-state index contributed by atoms with van der Waals surface area (Å²) in [5, 5.41) is 12.9. The second-order valence-electron chi connectivity index (χ2n) is 8.96. The Morgan fingerprint density at radius 2 is 1.29 bits per heavy atom. The van der Waals surface area contributed by atoms with E-state index in [0.717, 1.165) is 0 Å². The molecule has 3 nitrogen and oxygen atoms in total. The van der Waals surface area contributed by atoms with Crippen LogP contribution in [0, 0.1) is 0 Å². The summed E-state index contributed by atoms with van der Waals surface area (Å²) < 4.78 is 6.74. The molecule has 4 heteroatoms. The minimum absolute atomic E-state index is 0.0464. The topological polar surface area (TPSA) is 46.5 Å². The lowest BCUT2D eigenvalue weighted by Gasteiger charge is -2.43. The number of aliphatic hydroxyl groups is 1. The van der Waals surface area contributed by atoms with Gasteiger partial charge in [-0.3, -0.25) is 4.79 Å². The van der Waals surface area contributed by atoms with Crippen molar-refractivity contribution in [2.45, 2.75) is 44.8 Å². The monoisotopic (exact) mass is 432 g/mol. The summed E-state index contributed by atoms with van der Waals surface area (Å²) in [5.74, 6) is 0.0464. The summed E-state index contributed by atoms with van der Waals surface area (Å²) in [5.41, 5.74) is 0.683. The zero-order valence-electron chi connectivity index (χ0n) is 18.6. The second-order valence-corrected chi connectivity index (χ2v) is 13.3. The van der Waals surface area contributed by atoms with Crippen LogP contribution in [0.4, 0.5) is 0 Å². The van der Waals surface area contributed by atoms with Gasteiger partial charge < -0.3 is 9.53 Å². The number of ketones is 1. The van der Waals surface area contributed by atoms with Crippen LogP contribution < -0.4 is 10.4 Å². The van der Waals surface area contributed by atoms with Crippen molar-refractivity contribution in [1.82, 2.24) is 0 Å². The smallest absolute Gasteiger partial charge is 0.261 e. The molecule has 0 saturated heterocycles. The molecule has 0 bridgehead atoms. The highest BCUT2D eigenvalue weighted by Gasteiger charge is 2.50. The molecule has 0 aliphatic heterocycles. The first-order valence-corrected chi connectivity index (χ1v) is 12.8. The maximum atomic E-state index is 12.4. The van der Waals surface area contributed by atoms with Gasteiger partial charge in [-0.2, -0.15) is 0 Å². The van der Waals surface area contributed by atoms with Crippen LogP contribution in [-0.4, -0.2) is 31.9 Å². The van der Waals surface area contributed by atoms with E-state index >= 15 is 0 Å². The number of hydrogen-bond acceptors (Lipinski definition) is 3. The Kier molecular flexibility index (Phi) is 7.60. The zero-order chi connectivity index (χ0) is 22.3. The molecule has 1 N–H and O–H groups in total. The number of benzene rings is 3. The Bertz CT molecular complexity index is 911. The van der Waals surface area contributed by atoms with E-state index in [9.17, 15) is 9.90 Å². The Morgan fingerprint density at radius 1 is 0.839 bits per heavy atom. The van der Waals surface area contributed by atoms with Crippen molar-refractivity contribution in [2.75, 3.05) is 6.61 Å². The van der Waals surface area contributed by atoms with Crippen molar-refractivity contribution in [3.63, 3.8) is 0 Å². The fourth-order valence-electron chi connectivity index (χ4n) is 4.13. The summed E-state index contributed by atoms with van der Waals surface area (Å²) in [6.45, 7) is 6.84. The molecule has 1 atom stereocenters. The van der Waals surface area contributed by atoms with Crippen LogP contribution in [0.5, 0.6) is 0 Å². The third-order valence-corrected chi connectivity index (χ3v) is 10.7. The average molecular weight is 433 g/mol. The molecule has 31 heavy (non-hydrogen) atoms. The Hall–Kier alpha value is -2.53. The molecule has 0 aliphatic rings. The predicted octanol–water partition coefficient (Wildman–Crippen LogP) is 4.59. The average Bonchev–Trinajstić information content (AvgIpc) is 2.79. The fourth-order valence-corrected chi connectivity index (χ4v) is 8.73. The number of hydrogen-bond donors (Lipinski definition) is 1. The molecular weight excluding hydrogens is 400 g/mol. The molecule has 0 radical (unpaired) electrons. The van der Waals surface area contributed by atoms with E-state index in [1.54, 1.807) is 0 Å². The highest BCUT2D eigenvalue weighted by molar-refractivity contribution is 6.99. The van der Waals surface area contributed by atoms with E-state index in [2.05, 4.69) is 45.0 Å². The van der Waals surface area contributed by atoms with E-state index in [1.165, 1.54) is 10.4 Å². The summed E-state index contributed by atoms with van der Waals surface area (Å²) >= 11 is 0. The lowest BCUT2D eigenvalue weighted by Crippen LogP contribution is -2.67. The first-order valence-electron chi connectivity index (χ1n) is 10.9. The summed E-state index contributed by atoms with van der Waals surface area (Å²) in [6.07, 6.45) is -0.0179. The van der Waals surface area contributed by atoms with Crippen LogP contribution in [0.25, 0.3) is 0 Å². The van der Waals surface area contributed by atoms with Gasteiger partial charge in [-0.25, -0.2) is 0 Å². The highest BCUT2D eigenvalue weighted by atomic mass is 28.4. The maximum Gasteiger partial charge on any atom is 0.261 e. The minimum atomic E-state index is -2.68. The van der Waals surface area contributed by atoms with Crippen LogP contribution in [0.2, 0.25) is 5.04 Å². The Morgan fingerprint density at radius 3 is 1.74 bits per heavy atom. The van der Waals surface area contributed by atoms with Gasteiger partial charge >= 0.3 is 0 Å². The van der Waals surface area contributed by atoms with Gasteiger partial charge in [-0.1, -0.05) is 112 Å². The van der Waals surface area contributed by atoms with Crippen molar-refractivity contribution in [1.29, 1.82) is 0 Å². The van der Waals surface area contributed by atoms with Gasteiger partial charge in [0, 0.05) is 12.0 Å². The van der Waals surface area contributed by atoms with Gasteiger partial charge in [-0.05, 0) is 21.8 Å². The van der Waals surface area contributed by atoms with Crippen LogP contribution >= 0.6 is 0 Å². The third kappa shape index (κ3) is 5.39. The lowest BCUT2D eigenvalue weighted by molar-refractivity contribution is 0.0817. The van der Waals surface area contributed by atoms with Crippen LogP contribution in [0.15, 0.2) is 91.0 Å².